The predicted octanol–water partition coefficient (Wildman–Crippen LogP) is -1.28. The zero-order valence-electron chi connectivity index (χ0n) is 22.6. The fourth-order valence-electron chi connectivity index (χ4n) is 4.74. The van der Waals surface area contributed by atoms with Crippen molar-refractivity contribution in [2.75, 3.05) is 85.1 Å². The lowest BCUT2D eigenvalue weighted by Crippen LogP contribution is -2.61. The third kappa shape index (κ3) is 13.2. The molecule has 1 fully saturated rings. The van der Waals surface area contributed by atoms with Gasteiger partial charge in [0.15, 0.2) is 6.54 Å². The molecule has 1 aliphatic rings. The van der Waals surface area contributed by atoms with E-state index < -0.39 is 30.0 Å². The first-order valence-corrected chi connectivity index (χ1v) is 13.2. The second-order valence-corrected chi connectivity index (χ2v) is 10.1. The fourth-order valence-corrected chi connectivity index (χ4v) is 4.74. The van der Waals surface area contributed by atoms with Gasteiger partial charge in [-0.3, -0.25) is 24.2 Å². The van der Waals surface area contributed by atoms with Gasteiger partial charge in [-0.1, -0.05) is 12.1 Å². The Morgan fingerprint density at radius 1 is 0.825 bits per heavy atom. The summed E-state index contributed by atoms with van der Waals surface area (Å²) < 4.78 is 5.71. The summed E-state index contributed by atoms with van der Waals surface area (Å²) in [5, 5.41) is 51.2. The van der Waals surface area contributed by atoms with E-state index in [0.717, 1.165) is 5.56 Å². The Morgan fingerprint density at radius 3 is 2.02 bits per heavy atom. The fraction of sp³-hybridized carbons (Fsp3) is 0.615. The maximum Gasteiger partial charge on any atom is 0.359 e. The highest BCUT2D eigenvalue weighted by Gasteiger charge is 2.34. The highest BCUT2D eigenvalue weighted by atomic mass is 16.5. The first-order valence-electron chi connectivity index (χ1n) is 13.2. The summed E-state index contributed by atoms with van der Waals surface area (Å²) in [5.41, 5.74) is 0.838. The second-order valence-electron chi connectivity index (χ2n) is 10.1. The van der Waals surface area contributed by atoms with Crippen molar-refractivity contribution in [3.8, 4) is 5.75 Å². The van der Waals surface area contributed by atoms with Gasteiger partial charge >= 0.3 is 23.9 Å². The topological polar surface area (TPSA) is 197 Å². The molecular formula is C26H41N4O10+. The molecule has 0 amide bonds. The molecule has 0 radical (unpaired) electrons. The van der Waals surface area contributed by atoms with E-state index in [-0.39, 0.29) is 56.8 Å². The van der Waals surface area contributed by atoms with Crippen molar-refractivity contribution in [1.82, 2.24) is 15.1 Å². The average Bonchev–Trinajstić information content (AvgIpc) is 2.86. The summed E-state index contributed by atoms with van der Waals surface area (Å²) >= 11 is 0. The Bertz CT molecular complexity index is 977. The van der Waals surface area contributed by atoms with Crippen LogP contribution in [0.5, 0.6) is 5.75 Å². The number of carboxylic acid groups (broad SMARTS) is 4. The quantitative estimate of drug-likeness (QED) is 0.145. The van der Waals surface area contributed by atoms with Crippen molar-refractivity contribution >= 4 is 23.9 Å². The van der Waals surface area contributed by atoms with Crippen LogP contribution >= 0.6 is 0 Å². The van der Waals surface area contributed by atoms with Gasteiger partial charge in [0, 0.05) is 45.7 Å². The molecule has 2 unspecified atom stereocenters. The molecule has 1 aliphatic heterocycles. The standard InChI is InChI=1S/C26H40N4O10/c31-21(19-40-22-4-1-20(2-5-22)3-6-23(32)33)17-30(18-26(38)39)13-8-27-7-9-28(15-24(34)35)10-11-29(12-14-30)16-25(36)37/h1-2,4-5,21,27,31H,3,6-19H2,(H3-,32,33,34,35,36,37,38,39)/p+1. The van der Waals surface area contributed by atoms with Crippen LogP contribution in [-0.4, -0.2) is 155 Å². The Balaban J connectivity index is 2.09. The summed E-state index contributed by atoms with van der Waals surface area (Å²) in [6, 6.07) is 6.87. The number of aliphatic hydroxyl groups excluding tert-OH is 1. The van der Waals surface area contributed by atoms with Gasteiger partial charge in [-0.2, -0.15) is 0 Å². The van der Waals surface area contributed by atoms with Crippen LogP contribution in [0, 0.1) is 0 Å². The number of hydrogen-bond acceptors (Lipinski definition) is 9. The van der Waals surface area contributed by atoms with Crippen LogP contribution < -0.4 is 10.1 Å². The number of rotatable bonds is 14. The maximum atomic E-state index is 11.9. The van der Waals surface area contributed by atoms with E-state index in [1.165, 1.54) is 0 Å². The molecule has 0 spiro atoms. The van der Waals surface area contributed by atoms with Crippen LogP contribution in [-0.2, 0) is 25.6 Å². The molecule has 2 atom stereocenters. The molecule has 0 bridgehead atoms. The van der Waals surface area contributed by atoms with E-state index in [1.807, 2.05) is 0 Å². The molecule has 1 heterocycles. The summed E-state index contributed by atoms with van der Waals surface area (Å²) in [5.74, 6) is -3.46. The zero-order valence-corrected chi connectivity index (χ0v) is 22.6. The number of nitrogens with zero attached hydrogens (tertiary/aromatic N) is 3. The number of hydrogen-bond donors (Lipinski definition) is 6. The van der Waals surface area contributed by atoms with Gasteiger partial charge in [-0.25, -0.2) is 4.79 Å². The van der Waals surface area contributed by atoms with Gasteiger partial charge in [0.05, 0.1) is 26.2 Å². The lowest BCUT2D eigenvalue weighted by atomic mass is 10.1. The smallest absolute Gasteiger partial charge is 0.359 e. The Morgan fingerprint density at radius 2 is 1.45 bits per heavy atom. The van der Waals surface area contributed by atoms with Crippen LogP contribution in [0.15, 0.2) is 24.3 Å². The molecule has 1 saturated heterocycles. The highest BCUT2D eigenvalue weighted by Crippen LogP contribution is 2.15. The van der Waals surface area contributed by atoms with E-state index in [9.17, 15) is 39.6 Å². The van der Waals surface area contributed by atoms with Crippen molar-refractivity contribution in [3.05, 3.63) is 29.8 Å². The third-order valence-corrected chi connectivity index (χ3v) is 6.77. The van der Waals surface area contributed by atoms with Crippen LogP contribution in [0.4, 0.5) is 0 Å². The van der Waals surface area contributed by atoms with Crippen LogP contribution in [0.25, 0.3) is 0 Å². The number of carbonyl (C=O) groups is 4. The Kier molecular flexibility index (Phi) is 13.8. The molecular weight excluding hydrogens is 528 g/mol. The highest BCUT2D eigenvalue weighted by molar-refractivity contribution is 5.69. The van der Waals surface area contributed by atoms with E-state index in [1.54, 1.807) is 34.1 Å². The number of aliphatic hydroxyl groups is 1. The predicted molar refractivity (Wildman–Crippen MR) is 142 cm³/mol. The van der Waals surface area contributed by atoms with Gasteiger partial charge in [-0.05, 0) is 24.1 Å². The minimum absolute atomic E-state index is 0.00402. The number of quaternary nitrogens is 1. The zero-order chi connectivity index (χ0) is 29.5. The van der Waals surface area contributed by atoms with Crippen LogP contribution in [0.2, 0.25) is 0 Å². The molecule has 6 N–H and O–H groups in total. The number of ether oxygens (including phenoxy) is 1. The van der Waals surface area contributed by atoms with Gasteiger partial charge in [0.1, 0.15) is 25.0 Å². The second kappa shape index (κ2) is 16.7. The first-order chi connectivity index (χ1) is 19.0. The molecule has 40 heavy (non-hydrogen) atoms. The normalized spacial score (nSPS) is 20.5. The number of aryl methyl sites for hydroxylation is 1. The van der Waals surface area contributed by atoms with Gasteiger partial charge in [-0.15, -0.1) is 0 Å². The Hall–Kier alpha value is -3.30. The van der Waals surface area contributed by atoms with E-state index in [0.29, 0.717) is 51.4 Å². The van der Waals surface area contributed by atoms with Crippen molar-refractivity contribution in [1.29, 1.82) is 0 Å². The largest absolute Gasteiger partial charge is 0.491 e. The van der Waals surface area contributed by atoms with E-state index in [2.05, 4.69) is 5.32 Å². The Labute approximate surface area is 232 Å². The maximum absolute atomic E-state index is 11.9. The number of carboxylic acids is 4. The van der Waals surface area contributed by atoms with E-state index >= 15 is 0 Å². The van der Waals surface area contributed by atoms with Gasteiger partial charge in [0.2, 0.25) is 0 Å². The van der Waals surface area contributed by atoms with E-state index in [4.69, 9.17) is 9.84 Å². The summed E-state index contributed by atoms with van der Waals surface area (Å²) in [4.78, 5) is 48.7. The number of benzene rings is 1. The van der Waals surface area contributed by atoms with Crippen molar-refractivity contribution < 1.29 is 53.9 Å². The molecule has 14 nitrogen and oxygen atoms in total. The lowest BCUT2D eigenvalue weighted by molar-refractivity contribution is -0.922. The number of nitrogens with one attached hydrogen (secondary N) is 1. The molecule has 14 heteroatoms. The van der Waals surface area contributed by atoms with Crippen molar-refractivity contribution in [2.24, 2.45) is 0 Å². The van der Waals surface area contributed by atoms with Crippen LogP contribution in [0.3, 0.4) is 0 Å². The first kappa shape index (κ1) is 32.9. The summed E-state index contributed by atoms with van der Waals surface area (Å²) in [7, 11) is 0. The minimum atomic E-state index is -1.05. The minimum Gasteiger partial charge on any atom is -0.491 e. The molecule has 224 valence electrons. The molecule has 1 aromatic rings. The molecule has 0 aliphatic carbocycles. The van der Waals surface area contributed by atoms with Crippen molar-refractivity contribution in [2.45, 2.75) is 18.9 Å². The molecule has 2 rings (SSSR count). The van der Waals surface area contributed by atoms with Gasteiger partial charge < -0.3 is 40.1 Å². The molecule has 0 aromatic heterocycles. The average molecular weight is 570 g/mol. The van der Waals surface area contributed by atoms with Gasteiger partial charge in [0.25, 0.3) is 0 Å². The van der Waals surface area contributed by atoms with Crippen molar-refractivity contribution in [3.63, 3.8) is 0 Å². The molecule has 0 saturated carbocycles. The summed E-state index contributed by atoms with van der Waals surface area (Å²) in [6.45, 7) is 2.04. The SMILES string of the molecule is O=C(O)CCc1ccc(OCC(O)C[N+]2(CC(=O)O)CCNCCN(CC(=O)O)CCN(CC(=O)O)CC2)cc1. The van der Waals surface area contributed by atoms with Crippen LogP contribution in [0.1, 0.15) is 12.0 Å². The molecule has 1 aromatic carbocycles. The monoisotopic (exact) mass is 569 g/mol. The summed E-state index contributed by atoms with van der Waals surface area (Å²) in [6.07, 6.45) is -0.613. The number of aliphatic carboxylic acids is 4. The lowest BCUT2D eigenvalue weighted by Gasteiger charge is -2.40. The third-order valence-electron chi connectivity index (χ3n) is 6.77.